The van der Waals surface area contributed by atoms with Crippen LogP contribution in [-0.4, -0.2) is 23.0 Å². The second kappa shape index (κ2) is 6.98. The van der Waals surface area contributed by atoms with Gasteiger partial charge in [-0.3, -0.25) is 14.4 Å². The minimum Gasteiger partial charge on any atom is -0.326 e. The fraction of sp³-hybridized carbons (Fsp3) is 0.167. The Morgan fingerprint density at radius 3 is 2.32 bits per heavy atom. The summed E-state index contributed by atoms with van der Waals surface area (Å²) >= 11 is 1.47. The summed E-state index contributed by atoms with van der Waals surface area (Å²) in [6.45, 7) is 3.28. The van der Waals surface area contributed by atoms with Crippen LogP contribution in [0.2, 0.25) is 0 Å². The van der Waals surface area contributed by atoms with Crippen molar-refractivity contribution in [1.29, 1.82) is 0 Å². The van der Waals surface area contributed by atoms with Gasteiger partial charge in [-0.1, -0.05) is 0 Å². The summed E-state index contributed by atoms with van der Waals surface area (Å²) in [5.74, 6) is -0.489. The van der Waals surface area contributed by atoms with E-state index in [4.69, 9.17) is 0 Å². The summed E-state index contributed by atoms with van der Waals surface area (Å²) in [6.07, 6.45) is 0. The number of fused-ring (bicyclic) bond motifs is 1. The van der Waals surface area contributed by atoms with E-state index < -0.39 is 0 Å². The van der Waals surface area contributed by atoms with Gasteiger partial charge in [-0.15, -0.1) is 11.8 Å². The smallest absolute Gasteiger partial charge is 0.255 e. The first-order chi connectivity index (χ1) is 11.9. The quantitative estimate of drug-likeness (QED) is 0.788. The van der Waals surface area contributed by atoms with Gasteiger partial charge in [0, 0.05) is 28.8 Å². The molecule has 3 rings (SSSR count). The number of hydrogen-bond acceptors (Lipinski definition) is 4. The Bertz CT molecular complexity index is 849. The molecule has 0 bridgehead atoms. The highest BCUT2D eigenvalue weighted by atomic mass is 32.2. The molecular formula is C18H17N3O3S. The molecule has 0 spiro atoms. The number of nitrogens with one attached hydrogen (secondary N) is 3. The number of carbonyl (C=O) groups is 3. The monoisotopic (exact) mass is 355 g/mol. The molecule has 3 amide bonds. The van der Waals surface area contributed by atoms with E-state index in [1.54, 1.807) is 36.4 Å². The van der Waals surface area contributed by atoms with Crippen LogP contribution in [0.1, 0.15) is 24.2 Å². The van der Waals surface area contributed by atoms with E-state index in [9.17, 15) is 14.4 Å². The molecule has 0 aliphatic carbocycles. The molecule has 1 aliphatic rings. The van der Waals surface area contributed by atoms with Crippen LogP contribution in [0, 0.1) is 0 Å². The van der Waals surface area contributed by atoms with Gasteiger partial charge in [-0.2, -0.15) is 0 Å². The molecule has 1 heterocycles. The Hall–Kier alpha value is -2.80. The first-order valence-electron chi connectivity index (χ1n) is 7.73. The van der Waals surface area contributed by atoms with Gasteiger partial charge >= 0.3 is 0 Å². The first kappa shape index (κ1) is 17.0. The Kier molecular flexibility index (Phi) is 4.76. The van der Waals surface area contributed by atoms with Crippen molar-refractivity contribution in [2.75, 3.05) is 16.0 Å². The van der Waals surface area contributed by atoms with Crippen LogP contribution in [0.4, 0.5) is 17.1 Å². The molecule has 0 saturated carbocycles. The summed E-state index contributed by atoms with van der Waals surface area (Å²) in [4.78, 5) is 36.1. The zero-order valence-electron chi connectivity index (χ0n) is 13.8. The van der Waals surface area contributed by atoms with E-state index in [1.165, 1.54) is 18.7 Å². The lowest BCUT2D eigenvalue weighted by molar-refractivity contribution is -0.115. The third kappa shape index (κ3) is 4.00. The van der Waals surface area contributed by atoms with Gasteiger partial charge in [0.2, 0.25) is 11.8 Å². The number of carbonyl (C=O) groups excluding carboxylic acids is 3. The highest BCUT2D eigenvalue weighted by Gasteiger charge is 2.23. The topological polar surface area (TPSA) is 87.3 Å². The summed E-state index contributed by atoms with van der Waals surface area (Å²) in [7, 11) is 0. The van der Waals surface area contributed by atoms with E-state index in [0.29, 0.717) is 22.6 Å². The number of amides is 3. The van der Waals surface area contributed by atoms with E-state index in [2.05, 4.69) is 16.0 Å². The SMILES string of the molecule is CC(=O)Nc1ccc(NC(=O)c2ccc3c(c2)NC(=O)[C@@H](C)S3)cc1. The molecule has 128 valence electrons. The van der Waals surface area contributed by atoms with Crippen molar-refractivity contribution in [3.8, 4) is 0 Å². The molecule has 0 radical (unpaired) electrons. The minimum atomic E-state index is -0.270. The fourth-order valence-electron chi connectivity index (χ4n) is 2.39. The van der Waals surface area contributed by atoms with Gasteiger partial charge in [0.05, 0.1) is 10.9 Å². The maximum atomic E-state index is 12.4. The van der Waals surface area contributed by atoms with Crippen molar-refractivity contribution in [1.82, 2.24) is 0 Å². The number of hydrogen-bond donors (Lipinski definition) is 3. The van der Waals surface area contributed by atoms with Crippen LogP contribution in [0.15, 0.2) is 47.4 Å². The average molecular weight is 355 g/mol. The third-order valence-electron chi connectivity index (χ3n) is 3.64. The molecule has 0 fully saturated rings. The normalized spacial score (nSPS) is 15.8. The standard InChI is InChI=1S/C18H17N3O3S/c1-10-17(23)21-15-9-12(3-8-16(15)25-10)18(24)20-14-6-4-13(5-7-14)19-11(2)22/h3-10H,1-2H3,(H,19,22)(H,20,24)(H,21,23)/t10-/m1/s1. The third-order valence-corrected chi connectivity index (χ3v) is 4.81. The lowest BCUT2D eigenvalue weighted by atomic mass is 10.1. The highest BCUT2D eigenvalue weighted by molar-refractivity contribution is 8.00. The summed E-state index contributed by atoms with van der Waals surface area (Å²) in [5.41, 5.74) is 2.39. The molecule has 0 saturated heterocycles. The summed E-state index contributed by atoms with van der Waals surface area (Å²) in [5, 5.41) is 8.13. The number of benzene rings is 2. The van der Waals surface area contributed by atoms with Crippen LogP contribution in [0.25, 0.3) is 0 Å². The van der Waals surface area contributed by atoms with Gasteiger partial charge in [0.25, 0.3) is 5.91 Å². The summed E-state index contributed by atoms with van der Waals surface area (Å²) < 4.78 is 0. The van der Waals surface area contributed by atoms with Crippen molar-refractivity contribution in [3.05, 3.63) is 48.0 Å². The van der Waals surface area contributed by atoms with Crippen molar-refractivity contribution < 1.29 is 14.4 Å². The maximum absolute atomic E-state index is 12.4. The van der Waals surface area contributed by atoms with Crippen molar-refractivity contribution in [2.24, 2.45) is 0 Å². The van der Waals surface area contributed by atoms with E-state index in [0.717, 1.165) is 4.90 Å². The second-order valence-corrected chi connectivity index (χ2v) is 7.06. The van der Waals surface area contributed by atoms with Gasteiger partial charge in [0.1, 0.15) is 0 Å². The van der Waals surface area contributed by atoms with Gasteiger partial charge < -0.3 is 16.0 Å². The number of rotatable bonds is 3. The molecule has 0 aromatic heterocycles. The highest BCUT2D eigenvalue weighted by Crippen LogP contribution is 2.36. The zero-order valence-corrected chi connectivity index (χ0v) is 14.6. The Labute approximate surface area is 149 Å². The largest absolute Gasteiger partial charge is 0.326 e. The van der Waals surface area contributed by atoms with Gasteiger partial charge in [0.15, 0.2) is 0 Å². The zero-order chi connectivity index (χ0) is 18.0. The molecule has 25 heavy (non-hydrogen) atoms. The Morgan fingerprint density at radius 1 is 1.04 bits per heavy atom. The lowest BCUT2D eigenvalue weighted by Gasteiger charge is -2.21. The second-order valence-electron chi connectivity index (χ2n) is 5.67. The molecule has 2 aromatic carbocycles. The first-order valence-corrected chi connectivity index (χ1v) is 8.61. The van der Waals surface area contributed by atoms with Crippen LogP contribution in [0.5, 0.6) is 0 Å². The average Bonchev–Trinajstić information content (AvgIpc) is 2.57. The lowest BCUT2D eigenvalue weighted by Crippen LogP contribution is -2.26. The molecule has 0 unspecified atom stereocenters. The predicted octanol–water partition coefficient (Wildman–Crippen LogP) is 3.33. The molecule has 7 heteroatoms. The van der Waals surface area contributed by atoms with Crippen molar-refractivity contribution in [3.63, 3.8) is 0 Å². The maximum Gasteiger partial charge on any atom is 0.255 e. The summed E-state index contributed by atoms with van der Waals surface area (Å²) in [6, 6.07) is 12.1. The van der Waals surface area contributed by atoms with Gasteiger partial charge in [-0.25, -0.2) is 0 Å². The number of thioether (sulfide) groups is 1. The molecule has 1 aliphatic heterocycles. The van der Waals surface area contributed by atoms with Crippen molar-refractivity contribution in [2.45, 2.75) is 24.0 Å². The molecule has 3 N–H and O–H groups in total. The van der Waals surface area contributed by atoms with Crippen LogP contribution < -0.4 is 16.0 Å². The van der Waals surface area contributed by atoms with Gasteiger partial charge in [-0.05, 0) is 49.4 Å². The van der Waals surface area contributed by atoms with Crippen molar-refractivity contribution >= 4 is 46.5 Å². The van der Waals surface area contributed by atoms with Crippen LogP contribution in [0.3, 0.4) is 0 Å². The van der Waals surface area contributed by atoms with Crippen LogP contribution in [-0.2, 0) is 9.59 Å². The van der Waals surface area contributed by atoms with Crippen LogP contribution >= 0.6 is 11.8 Å². The fourth-order valence-corrected chi connectivity index (χ4v) is 3.32. The molecule has 1 atom stereocenters. The van der Waals surface area contributed by atoms with E-state index >= 15 is 0 Å². The molecule has 6 nitrogen and oxygen atoms in total. The molecular weight excluding hydrogens is 338 g/mol. The molecule has 2 aromatic rings. The van der Waals surface area contributed by atoms with E-state index in [-0.39, 0.29) is 23.0 Å². The minimum absolute atomic E-state index is 0.0661. The Morgan fingerprint density at radius 2 is 1.68 bits per heavy atom. The number of anilines is 3. The Balaban J connectivity index is 1.72. The van der Waals surface area contributed by atoms with E-state index in [1.807, 2.05) is 13.0 Å². The predicted molar refractivity (Wildman–Crippen MR) is 99.1 cm³/mol.